The number of thiophene rings is 1. The average Bonchev–Trinajstić information content (AvgIpc) is 2.62. The van der Waals surface area contributed by atoms with E-state index in [-0.39, 0.29) is 5.91 Å². The van der Waals surface area contributed by atoms with Gasteiger partial charge in [0.25, 0.3) is 5.91 Å². The molecule has 0 aliphatic heterocycles. The number of hydrogen-bond donors (Lipinski definition) is 1. The molecule has 0 saturated carbocycles. The lowest BCUT2D eigenvalue weighted by atomic mass is 10.2. The van der Waals surface area contributed by atoms with Gasteiger partial charge in [0.2, 0.25) is 0 Å². The van der Waals surface area contributed by atoms with Crippen LogP contribution in [-0.4, -0.2) is 25.7 Å². The highest BCUT2D eigenvalue weighted by Gasteiger charge is 2.10. The van der Waals surface area contributed by atoms with Gasteiger partial charge in [-0.05, 0) is 32.3 Å². The molecule has 1 aromatic rings. The Labute approximate surface area is 114 Å². The first-order valence-electron chi connectivity index (χ1n) is 6.43. The summed E-state index contributed by atoms with van der Waals surface area (Å²) in [5, 5.41) is 2.93. The number of carbonyl (C=O) groups excluding carboxylic acids is 1. The van der Waals surface area contributed by atoms with E-state index in [1.165, 1.54) is 4.88 Å². The van der Waals surface area contributed by atoms with Crippen molar-refractivity contribution >= 4 is 17.2 Å². The van der Waals surface area contributed by atoms with Gasteiger partial charge in [0.05, 0.1) is 5.56 Å². The molecule has 0 radical (unpaired) electrons. The minimum Gasteiger partial charge on any atom is -0.381 e. The summed E-state index contributed by atoms with van der Waals surface area (Å²) in [6.45, 7) is 10.4. The first-order valence-corrected chi connectivity index (χ1v) is 7.25. The van der Waals surface area contributed by atoms with Crippen LogP contribution in [0.3, 0.4) is 0 Å². The van der Waals surface area contributed by atoms with Crippen molar-refractivity contribution in [3.05, 3.63) is 21.4 Å². The molecule has 0 aliphatic carbocycles. The number of aryl methyl sites for hydroxylation is 2. The number of rotatable bonds is 7. The fourth-order valence-corrected chi connectivity index (χ4v) is 2.57. The van der Waals surface area contributed by atoms with E-state index in [9.17, 15) is 4.79 Å². The van der Waals surface area contributed by atoms with Gasteiger partial charge >= 0.3 is 0 Å². The molecular weight excluding hydrogens is 246 g/mol. The lowest BCUT2D eigenvalue weighted by Crippen LogP contribution is -2.25. The molecule has 3 nitrogen and oxygen atoms in total. The summed E-state index contributed by atoms with van der Waals surface area (Å²) in [5.74, 6) is 0.594. The molecule has 0 aromatic carbocycles. The Kier molecular flexibility index (Phi) is 6.36. The zero-order valence-corrected chi connectivity index (χ0v) is 12.5. The maximum Gasteiger partial charge on any atom is 0.252 e. The first-order chi connectivity index (χ1) is 8.50. The Balaban J connectivity index is 2.20. The van der Waals surface area contributed by atoms with Crippen molar-refractivity contribution in [3.63, 3.8) is 0 Å². The maximum atomic E-state index is 11.9. The van der Waals surface area contributed by atoms with Crippen LogP contribution in [0.2, 0.25) is 0 Å². The molecule has 4 heteroatoms. The number of ether oxygens (including phenoxy) is 1. The Hall–Kier alpha value is -0.870. The quantitative estimate of drug-likeness (QED) is 0.772. The topological polar surface area (TPSA) is 38.3 Å². The highest BCUT2D eigenvalue weighted by molar-refractivity contribution is 7.12. The lowest BCUT2D eigenvalue weighted by molar-refractivity contribution is 0.0925. The molecule has 102 valence electrons. The summed E-state index contributed by atoms with van der Waals surface area (Å²) < 4.78 is 5.46. The van der Waals surface area contributed by atoms with E-state index in [1.807, 2.05) is 19.9 Å². The fourth-order valence-electron chi connectivity index (χ4n) is 1.65. The monoisotopic (exact) mass is 269 g/mol. The van der Waals surface area contributed by atoms with Gasteiger partial charge in [-0.3, -0.25) is 4.79 Å². The zero-order valence-electron chi connectivity index (χ0n) is 11.7. The molecule has 0 aliphatic rings. The minimum absolute atomic E-state index is 0.0284. The smallest absolute Gasteiger partial charge is 0.252 e. The molecule has 0 spiro atoms. The van der Waals surface area contributed by atoms with E-state index in [2.05, 4.69) is 19.2 Å². The summed E-state index contributed by atoms with van der Waals surface area (Å²) in [5.41, 5.74) is 0.806. The number of hydrogen-bond acceptors (Lipinski definition) is 3. The van der Waals surface area contributed by atoms with Crippen molar-refractivity contribution in [1.82, 2.24) is 5.32 Å². The molecule has 1 heterocycles. The van der Waals surface area contributed by atoms with Crippen LogP contribution < -0.4 is 5.32 Å². The van der Waals surface area contributed by atoms with Crippen LogP contribution in [0.1, 0.15) is 40.4 Å². The second-order valence-electron chi connectivity index (χ2n) is 4.91. The first kappa shape index (κ1) is 15.2. The Morgan fingerprint density at radius 3 is 2.72 bits per heavy atom. The fraction of sp³-hybridized carbons (Fsp3) is 0.643. The van der Waals surface area contributed by atoms with Gasteiger partial charge in [0, 0.05) is 29.5 Å². The van der Waals surface area contributed by atoms with E-state index >= 15 is 0 Å². The second kappa shape index (κ2) is 7.54. The van der Waals surface area contributed by atoms with Crippen molar-refractivity contribution in [3.8, 4) is 0 Å². The van der Waals surface area contributed by atoms with Crippen molar-refractivity contribution < 1.29 is 9.53 Å². The van der Waals surface area contributed by atoms with Crippen molar-refractivity contribution in [2.45, 2.75) is 34.1 Å². The van der Waals surface area contributed by atoms with E-state index < -0.39 is 0 Å². The maximum absolute atomic E-state index is 11.9. The highest BCUT2D eigenvalue weighted by Crippen LogP contribution is 2.20. The van der Waals surface area contributed by atoms with E-state index in [0.717, 1.165) is 23.5 Å². The minimum atomic E-state index is 0.0284. The summed E-state index contributed by atoms with van der Waals surface area (Å²) in [6.07, 6.45) is 0.862. The summed E-state index contributed by atoms with van der Waals surface area (Å²) in [7, 11) is 0. The molecule has 0 atom stereocenters. The van der Waals surface area contributed by atoms with Gasteiger partial charge in [-0.25, -0.2) is 0 Å². The number of nitrogens with one attached hydrogen (secondary N) is 1. The molecule has 1 N–H and O–H groups in total. The molecule has 0 unspecified atom stereocenters. The largest absolute Gasteiger partial charge is 0.381 e. The summed E-state index contributed by atoms with van der Waals surface area (Å²) in [4.78, 5) is 14.1. The van der Waals surface area contributed by atoms with Crippen molar-refractivity contribution in [2.24, 2.45) is 5.92 Å². The molecule has 1 rings (SSSR count). The SMILES string of the molecule is Cc1cc(C(=O)NCCCOCC(C)C)c(C)s1. The highest BCUT2D eigenvalue weighted by atomic mass is 32.1. The third-order valence-electron chi connectivity index (χ3n) is 2.49. The van der Waals surface area contributed by atoms with Crippen LogP contribution in [-0.2, 0) is 4.74 Å². The summed E-state index contributed by atoms with van der Waals surface area (Å²) >= 11 is 1.66. The van der Waals surface area contributed by atoms with E-state index in [0.29, 0.717) is 19.1 Å². The Morgan fingerprint density at radius 2 is 2.17 bits per heavy atom. The third-order valence-corrected chi connectivity index (χ3v) is 3.45. The van der Waals surface area contributed by atoms with Crippen LogP contribution in [0.5, 0.6) is 0 Å². The van der Waals surface area contributed by atoms with Gasteiger partial charge in [-0.1, -0.05) is 13.8 Å². The van der Waals surface area contributed by atoms with Crippen LogP contribution >= 0.6 is 11.3 Å². The lowest BCUT2D eigenvalue weighted by Gasteiger charge is -2.07. The van der Waals surface area contributed by atoms with Gasteiger partial charge in [-0.2, -0.15) is 0 Å². The van der Waals surface area contributed by atoms with Crippen LogP contribution in [0.15, 0.2) is 6.07 Å². The van der Waals surface area contributed by atoms with E-state index in [4.69, 9.17) is 4.74 Å². The number of amides is 1. The molecular formula is C14H23NO2S. The van der Waals surface area contributed by atoms with Crippen molar-refractivity contribution in [1.29, 1.82) is 0 Å². The van der Waals surface area contributed by atoms with Gasteiger partial charge in [0.15, 0.2) is 0 Å². The molecule has 1 amide bonds. The van der Waals surface area contributed by atoms with Crippen molar-refractivity contribution in [2.75, 3.05) is 19.8 Å². The van der Waals surface area contributed by atoms with Crippen LogP contribution in [0.25, 0.3) is 0 Å². The number of carbonyl (C=O) groups is 1. The van der Waals surface area contributed by atoms with Gasteiger partial charge in [0.1, 0.15) is 0 Å². The Bertz CT molecular complexity index is 385. The second-order valence-corrected chi connectivity index (χ2v) is 6.37. The van der Waals surface area contributed by atoms with Crippen LogP contribution in [0, 0.1) is 19.8 Å². The van der Waals surface area contributed by atoms with Gasteiger partial charge in [-0.15, -0.1) is 11.3 Å². The predicted molar refractivity (Wildman–Crippen MR) is 76.4 cm³/mol. The van der Waals surface area contributed by atoms with E-state index in [1.54, 1.807) is 11.3 Å². The average molecular weight is 269 g/mol. The molecule has 18 heavy (non-hydrogen) atoms. The standard InChI is InChI=1S/C14H23NO2S/c1-10(2)9-17-7-5-6-15-14(16)13-8-11(3)18-12(13)4/h8,10H,5-7,9H2,1-4H3,(H,15,16). The summed E-state index contributed by atoms with van der Waals surface area (Å²) in [6, 6.07) is 1.95. The van der Waals surface area contributed by atoms with Gasteiger partial charge < -0.3 is 10.1 Å². The molecule has 1 aromatic heterocycles. The Morgan fingerprint density at radius 1 is 1.44 bits per heavy atom. The van der Waals surface area contributed by atoms with Crippen LogP contribution in [0.4, 0.5) is 0 Å². The molecule has 0 bridgehead atoms. The third kappa shape index (κ3) is 5.19. The molecule has 0 fully saturated rings. The zero-order chi connectivity index (χ0) is 13.5. The predicted octanol–water partition coefficient (Wildman–Crippen LogP) is 3.16. The normalized spacial score (nSPS) is 10.9. The molecule has 0 saturated heterocycles.